The van der Waals surface area contributed by atoms with Crippen molar-refractivity contribution in [1.29, 1.82) is 0 Å². The van der Waals surface area contributed by atoms with Crippen molar-refractivity contribution < 1.29 is 24.2 Å². The van der Waals surface area contributed by atoms with Crippen LogP contribution in [0.1, 0.15) is 33.1 Å². The summed E-state index contributed by atoms with van der Waals surface area (Å²) < 4.78 is 4.79. The van der Waals surface area contributed by atoms with E-state index in [0.29, 0.717) is 26.2 Å². The highest BCUT2D eigenvalue weighted by Crippen LogP contribution is 2.66. The number of hydrogen-bond donors (Lipinski definition) is 3. The van der Waals surface area contributed by atoms with Crippen molar-refractivity contribution in [2.75, 3.05) is 53.0 Å². The number of morpholine rings is 1. The standard InChI is InChI=1S/C23H38N4O5S/c1-14(2)12-15(13-28)27-19(21(30)25-6-7-26-8-10-32-11-9-26)23-5-4-16(33-23)17(20(29)24-3)18(23)22(27)31/h14-19,28H,4-13H2,1-3H3,(H,24,29)(H,25,30)/t15-,16-,17+,18+,19?,23?/m1/s1. The summed E-state index contributed by atoms with van der Waals surface area (Å²) in [5.41, 5.74) is 0. The Kier molecular flexibility index (Phi) is 7.57. The minimum atomic E-state index is -0.666. The van der Waals surface area contributed by atoms with Crippen molar-refractivity contribution in [3.63, 3.8) is 0 Å². The summed E-state index contributed by atoms with van der Waals surface area (Å²) in [6.45, 7) is 8.25. The minimum Gasteiger partial charge on any atom is -0.394 e. The normalized spacial score (nSPS) is 34.6. The largest absolute Gasteiger partial charge is 0.394 e. The average Bonchev–Trinajstić information content (AvgIpc) is 3.45. The number of aliphatic hydroxyl groups is 1. The summed E-state index contributed by atoms with van der Waals surface area (Å²) in [5.74, 6) is -1.11. The Labute approximate surface area is 200 Å². The van der Waals surface area contributed by atoms with E-state index in [2.05, 4.69) is 15.5 Å². The van der Waals surface area contributed by atoms with Crippen molar-refractivity contribution in [3.8, 4) is 0 Å². The summed E-state index contributed by atoms with van der Waals surface area (Å²) in [7, 11) is 1.61. The quantitative estimate of drug-likeness (QED) is 0.413. The van der Waals surface area contributed by atoms with E-state index in [1.165, 1.54) is 0 Å². The fourth-order valence-corrected chi connectivity index (χ4v) is 8.54. The smallest absolute Gasteiger partial charge is 0.244 e. The van der Waals surface area contributed by atoms with Crippen LogP contribution >= 0.6 is 11.8 Å². The van der Waals surface area contributed by atoms with Crippen LogP contribution in [-0.2, 0) is 19.1 Å². The van der Waals surface area contributed by atoms with Crippen molar-refractivity contribution >= 4 is 29.5 Å². The molecule has 2 bridgehead atoms. The van der Waals surface area contributed by atoms with E-state index in [1.54, 1.807) is 23.7 Å². The van der Waals surface area contributed by atoms with Gasteiger partial charge in [-0.05, 0) is 25.2 Å². The van der Waals surface area contributed by atoms with Gasteiger partial charge in [0.15, 0.2) is 0 Å². The monoisotopic (exact) mass is 482 g/mol. The lowest BCUT2D eigenvalue weighted by Crippen LogP contribution is -2.57. The lowest BCUT2D eigenvalue weighted by molar-refractivity contribution is -0.143. The first-order valence-corrected chi connectivity index (χ1v) is 13.1. The van der Waals surface area contributed by atoms with Gasteiger partial charge in [-0.3, -0.25) is 19.3 Å². The molecule has 9 nitrogen and oxygen atoms in total. The first-order chi connectivity index (χ1) is 15.8. The Bertz CT molecular complexity index is 761. The first-order valence-electron chi connectivity index (χ1n) is 12.2. The van der Waals surface area contributed by atoms with Crippen molar-refractivity contribution in [1.82, 2.24) is 20.4 Å². The van der Waals surface area contributed by atoms with Crippen molar-refractivity contribution in [2.24, 2.45) is 17.8 Å². The molecule has 4 aliphatic heterocycles. The molecule has 3 N–H and O–H groups in total. The van der Waals surface area contributed by atoms with Crippen LogP contribution in [0.2, 0.25) is 0 Å². The third kappa shape index (κ3) is 4.39. The van der Waals surface area contributed by atoms with Gasteiger partial charge >= 0.3 is 0 Å². The third-order valence-electron chi connectivity index (χ3n) is 7.71. The molecule has 4 saturated heterocycles. The second-order valence-corrected chi connectivity index (χ2v) is 11.7. The topological polar surface area (TPSA) is 111 Å². The molecule has 0 radical (unpaired) electrons. The van der Waals surface area contributed by atoms with E-state index < -0.39 is 28.7 Å². The molecule has 0 aromatic rings. The zero-order valence-electron chi connectivity index (χ0n) is 19.9. The number of amides is 3. The van der Waals surface area contributed by atoms with Crippen LogP contribution in [-0.4, -0.2) is 108 Å². The molecule has 0 aliphatic carbocycles. The number of ether oxygens (including phenoxy) is 1. The maximum atomic E-state index is 13.8. The second kappa shape index (κ2) is 10.1. The molecule has 0 aromatic carbocycles. The first kappa shape index (κ1) is 24.8. The van der Waals surface area contributed by atoms with E-state index in [9.17, 15) is 19.5 Å². The van der Waals surface area contributed by atoms with Gasteiger partial charge in [0, 0.05) is 38.5 Å². The molecule has 4 rings (SSSR count). The van der Waals surface area contributed by atoms with Gasteiger partial charge in [-0.25, -0.2) is 0 Å². The molecular weight excluding hydrogens is 444 g/mol. The van der Waals surface area contributed by atoms with E-state index in [0.717, 1.165) is 32.5 Å². The Balaban J connectivity index is 1.58. The predicted molar refractivity (Wildman–Crippen MR) is 126 cm³/mol. The molecule has 33 heavy (non-hydrogen) atoms. The number of rotatable bonds is 9. The lowest BCUT2D eigenvalue weighted by Gasteiger charge is -2.37. The average molecular weight is 483 g/mol. The summed E-state index contributed by atoms with van der Waals surface area (Å²) in [6.07, 6.45) is 2.18. The molecule has 4 fully saturated rings. The van der Waals surface area contributed by atoms with Crippen LogP contribution in [0.3, 0.4) is 0 Å². The number of carbonyl (C=O) groups excluding carboxylic acids is 3. The van der Waals surface area contributed by atoms with Crippen molar-refractivity contribution in [2.45, 2.75) is 55.2 Å². The highest BCUT2D eigenvalue weighted by molar-refractivity contribution is 8.02. The van der Waals surface area contributed by atoms with E-state index in [1.807, 2.05) is 13.8 Å². The fourth-order valence-electron chi connectivity index (χ4n) is 6.33. The zero-order valence-corrected chi connectivity index (χ0v) is 20.7. The molecular formula is C23H38N4O5S. The van der Waals surface area contributed by atoms with E-state index in [4.69, 9.17) is 4.74 Å². The molecule has 4 heterocycles. The number of carbonyl (C=O) groups is 3. The highest BCUT2D eigenvalue weighted by atomic mass is 32.2. The molecule has 2 unspecified atom stereocenters. The number of aliphatic hydroxyl groups excluding tert-OH is 1. The number of hydrogen-bond acceptors (Lipinski definition) is 7. The van der Waals surface area contributed by atoms with Gasteiger partial charge in [0.05, 0.1) is 42.4 Å². The fraction of sp³-hybridized carbons (Fsp3) is 0.870. The van der Waals surface area contributed by atoms with Gasteiger partial charge in [-0.2, -0.15) is 0 Å². The van der Waals surface area contributed by atoms with Crippen LogP contribution in [0, 0.1) is 17.8 Å². The highest BCUT2D eigenvalue weighted by Gasteiger charge is 2.74. The molecule has 4 aliphatic rings. The van der Waals surface area contributed by atoms with Crippen LogP contribution in [0.15, 0.2) is 0 Å². The van der Waals surface area contributed by atoms with Gasteiger partial charge in [0.25, 0.3) is 0 Å². The molecule has 186 valence electrons. The number of fused-ring (bicyclic) bond motifs is 1. The van der Waals surface area contributed by atoms with Crippen LogP contribution < -0.4 is 10.6 Å². The van der Waals surface area contributed by atoms with E-state index >= 15 is 0 Å². The Hall–Kier alpha value is -1.36. The van der Waals surface area contributed by atoms with Gasteiger partial charge in [-0.1, -0.05) is 13.8 Å². The summed E-state index contributed by atoms with van der Waals surface area (Å²) in [4.78, 5) is 44.2. The number of nitrogens with one attached hydrogen (secondary N) is 2. The summed E-state index contributed by atoms with van der Waals surface area (Å²) in [6, 6.07) is -1.10. The second-order valence-electron chi connectivity index (χ2n) is 10.1. The summed E-state index contributed by atoms with van der Waals surface area (Å²) in [5, 5.41) is 16.1. The molecule has 10 heteroatoms. The van der Waals surface area contributed by atoms with Crippen LogP contribution in [0.5, 0.6) is 0 Å². The van der Waals surface area contributed by atoms with Gasteiger partial charge in [0.2, 0.25) is 17.7 Å². The third-order valence-corrected chi connectivity index (χ3v) is 9.67. The Morgan fingerprint density at radius 1 is 1.27 bits per heavy atom. The van der Waals surface area contributed by atoms with Crippen molar-refractivity contribution in [3.05, 3.63) is 0 Å². The zero-order chi connectivity index (χ0) is 23.8. The van der Waals surface area contributed by atoms with Crippen LogP contribution in [0.4, 0.5) is 0 Å². The predicted octanol–water partition coefficient (Wildman–Crippen LogP) is -0.321. The molecule has 0 aromatic heterocycles. The van der Waals surface area contributed by atoms with Gasteiger partial charge < -0.3 is 25.4 Å². The molecule has 3 amide bonds. The lowest BCUT2D eigenvalue weighted by atomic mass is 9.71. The molecule has 1 spiro atoms. The number of thioether (sulfide) groups is 1. The van der Waals surface area contributed by atoms with E-state index in [-0.39, 0.29) is 35.5 Å². The Morgan fingerprint density at radius 3 is 2.64 bits per heavy atom. The SMILES string of the molecule is CNC(=O)[C@@H]1[C@H]2C(=O)N([C@@H](CO)CC(C)C)C(C(=O)NCCN3CCOCC3)C23CC[C@H]1S3. The molecule has 0 saturated carbocycles. The number of likely N-dealkylation sites (tertiary alicyclic amines) is 1. The number of nitrogens with zero attached hydrogens (tertiary/aromatic N) is 2. The van der Waals surface area contributed by atoms with Gasteiger partial charge in [-0.15, -0.1) is 11.8 Å². The minimum absolute atomic E-state index is 0.0578. The van der Waals surface area contributed by atoms with Crippen LogP contribution in [0.25, 0.3) is 0 Å². The Morgan fingerprint density at radius 2 is 2.00 bits per heavy atom. The van der Waals surface area contributed by atoms with Gasteiger partial charge in [0.1, 0.15) is 6.04 Å². The summed E-state index contributed by atoms with van der Waals surface area (Å²) >= 11 is 1.66. The maximum Gasteiger partial charge on any atom is 0.244 e. The molecule has 6 atom stereocenters. The maximum absolute atomic E-state index is 13.8.